The maximum atomic E-state index is 11.1. The number of hydrogen-bond donors (Lipinski definition) is 1. The van der Waals surface area contributed by atoms with Gasteiger partial charge >= 0.3 is 0 Å². The second-order valence-corrected chi connectivity index (χ2v) is 5.20. The van der Waals surface area contributed by atoms with Crippen molar-refractivity contribution in [3.05, 3.63) is 30.4 Å². The van der Waals surface area contributed by atoms with Gasteiger partial charge in [0.2, 0.25) is 17.6 Å². The van der Waals surface area contributed by atoms with Crippen LogP contribution in [0.25, 0.3) is 11.4 Å². The van der Waals surface area contributed by atoms with Crippen LogP contribution in [0.4, 0.5) is 0 Å². The second kappa shape index (κ2) is 6.01. The van der Waals surface area contributed by atoms with Crippen molar-refractivity contribution in [1.82, 2.24) is 20.0 Å². The van der Waals surface area contributed by atoms with Crippen LogP contribution in [-0.2, 0) is 11.3 Å². The summed E-state index contributed by atoms with van der Waals surface area (Å²) in [5, 5.41) is 3.98. The smallest absolute Gasteiger partial charge is 0.241 e. The Morgan fingerprint density at radius 1 is 1.33 bits per heavy atom. The maximum Gasteiger partial charge on any atom is 0.241 e. The Balaban J connectivity index is 1.60. The molecule has 7 nitrogen and oxygen atoms in total. The molecule has 0 aromatic carbocycles. The average molecular weight is 287 g/mol. The number of carbonyl (C=O) groups is 1. The van der Waals surface area contributed by atoms with Crippen LogP contribution in [0.1, 0.15) is 18.7 Å². The molecule has 1 saturated heterocycles. The predicted molar refractivity (Wildman–Crippen MR) is 74.7 cm³/mol. The standard InChI is InChI=1S/C14H17N5O2/c15-13(20)10-3-7-19(8-4-10)9-12-17-14(18-21-12)11-1-5-16-6-2-11/h1-2,5-6,10H,3-4,7-9H2,(H2,15,20). The van der Waals surface area contributed by atoms with E-state index in [2.05, 4.69) is 20.0 Å². The van der Waals surface area contributed by atoms with E-state index in [4.69, 9.17) is 10.3 Å². The molecule has 21 heavy (non-hydrogen) atoms. The zero-order valence-corrected chi connectivity index (χ0v) is 11.6. The third kappa shape index (κ3) is 3.25. The number of piperidine rings is 1. The van der Waals surface area contributed by atoms with E-state index in [1.54, 1.807) is 12.4 Å². The lowest BCUT2D eigenvalue weighted by Crippen LogP contribution is -2.38. The molecule has 1 aliphatic heterocycles. The third-order valence-electron chi connectivity index (χ3n) is 3.76. The molecule has 3 heterocycles. The Bertz CT molecular complexity index is 605. The topological polar surface area (TPSA) is 98.1 Å². The monoisotopic (exact) mass is 287 g/mol. The van der Waals surface area contributed by atoms with Gasteiger partial charge in [-0.1, -0.05) is 5.16 Å². The lowest BCUT2D eigenvalue weighted by Gasteiger charge is -2.29. The molecule has 0 bridgehead atoms. The first-order valence-electron chi connectivity index (χ1n) is 6.97. The van der Waals surface area contributed by atoms with Crippen molar-refractivity contribution in [1.29, 1.82) is 0 Å². The first kappa shape index (κ1) is 13.7. The summed E-state index contributed by atoms with van der Waals surface area (Å²) in [4.78, 5) is 21.7. The number of primary amides is 1. The molecular formula is C14H17N5O2. The highest BCUT2D eigenvalue weighted by Crippen LogP contribution is 2.19. The quantitative estimate of drug-likeness (QED) is 0.894. The highest BCUT2D eigenvalue weighted by Gasteiger charge is 2.24. The number of carbonyl (C=O) groups excluding carboxylic acids is 1. The van der Waals surface area contributed by atoms with Gasteiger partial charge in [-0.25, -0.2) is 0 Å². The van der Waals surface area contributed by atoms with Crippen LogP contribution < -0.4 is 5.73 Å². The second-order valence-electron chi connectivity index (χ2n) is 5.20. The number of amides is 1. The molecule has 110 valence electrons. The number of hydrogen-bond acceptors (Lipinski definition) is 6. The summed E-state index contributed by atoms with van der Waals surface area (Å²) in [5.41, 5.74) is 6.21. The minimum Gasteiger partial charge on any atom is -0.369 e. The molecule has 0 aliphatic carbocycles. The van der Waals surface area contributed by atoms with E-state index in [9.17, 15) is 4.79 Å². The van der Waals surface area contributed by atoms with Gasteiger partial charge in [0.05, 0.1) is 6.54 Å². The van der Waals surface area contributed by atoms with Crippen molar-refractivity contribution < 1.29 is 9.32 Å². The van der Waals surface area contributed by atoms with E-state index >= 15 is 0 Å². The van der Waals surface area contributed by atoms with Gasteiger partial charge in [-0.3, -0.25) is 14.7 Å². The van der Waals surface area contributed by atoms with E-state index in [1.807, 2.05) is 12.1 Å². The van der Waals surface area contributed by atoms with Gasteiger partial charge in [-0.2, -0.15) is 4.98 Å². The van der Waals surface area contributed by atoms with Crippen molar-refractivity contribution >= 4 is 5.91 Å². The normalized spacial score (nSPS) is 17.0. The summed E-state index contributed by atoms with van der Waals surface area (Å²) >= 11 is 0. The Morgan fingerprint density at radius 3 is 2.71 bits per heavy atom. The Morgan fingerprint density at radius 2 is 2.05 bits per heavy atom. The van der Waals surface area contributed by atoms with Gasteiger partial charge in [0.15, 0.2) is 0 Å². The minimum atomic E-state index is -0.201. The number of likely N-dealkylation sites (tertiary alicyclic amines) is 1. The van der Waals surface area contributed by atoms with E-state index < -0.39 is 0 Å². The lowest BCUT2D eigenvalue weighted by molar-refractivity contribution is -0.123. The van der Waals surface area contributed by atoms with E-state index in [-0.39, 0.29) is 11.8 Å². The fourth-order valence-electron chi connectivity index (χ4n) is 2.50. The van der Waals surface area contributed by atoms with Crippen molar-refractivity contribution in [3.8, 4) is 11.4 Å². The van der Waals surface area contributed by atoms with Crippen LogP contribution >= 0.6 is 0 Å². The summed E-state index contributed by atoms with van der Waals surface area (Å²) in [5.74, 6) is 0.947. The molecule has 3 rings (SSSR count). The maximum absolute atomic E-state index is 11.1. The Hall–Kier alpha value is -2.28. The highest BCUT2D eigenvalue weighted by molar-refractivity contribution is 5.76. The number of pyridine rings is 1. The molecule has 0 atom stereocenters. The predicted octanol–water partition coefficient (Wildman–Crippen LogP) is 0.829. The lowest BCUT2D eigenvalue weighted by atomic mass is 9.96. The molecule has 7 heteroatoms. The molecule has 2 N–H and O–H groups in total. The van der Waals surface area contributed by atoms with Crippen LogP contribution in [0.15, 0.2) is 29.0 Å². The molecule has 0 radical (unpaired) electrons. The fourth-order valence-corrected chi connectivity index (χ4v) is 2.50. The van der Waals surface area contributed by atoms with Crippen LogP contribution in [0.2, 0.25) is 0 Å². The minimum absolute atomic E-state index is 0.00341. The first-order valence-corrected chi connectivity index (χ1v) is 6.97. The van der Waals surface area contributed by atoms with Gasteiger partial charge in [0.25, 0.3) is 0 Å². The van der Waals surface area contributed by atoms with Crippen molar-refractivity contribution in [3.63, 3.8) is 0 Å². The van der Waals surface area contributed by atoms with Crippen molar-refractivity contribution in [2.75, 3.05) is 13.1 Å². The molecule has 1 aliphatic rings. The highest BCUT2D eigenvalue weighted by atomic mass is 16.5. The van der Waals surface area contributed by atoms with E-state index in [0.717, 1.165) is 31.5 Å². The molecular weight excluding hydrogens is 270 g/mol. The Kier molecular flexibility index (Phi) is 3.92. The number of nitrogens with zero attached hydrogens (tertiary/aromatic N) is 4. The van der Waals surface area contributed by atoms with Crippen LogP contribution in [-0.4, -0.2) is 39.0 Å². The van der Waals surface area contributed by atoms with Crippen LogP contribution in [0.5, 0.6) is 0 Å². The molecule has 2 aromatic rings. The third-order valence-corrected chi connectivity index (χ3v) is 3.76. The van der Waals surface area contributed by atoms with Gasteiger partial charge in [-0.05, 0) is 38.1 Å². The molecule has 2 aromatic heterocycles. The summed E-state index contributed by atoms with van der Waals surface area (Å²) in [7, 11) is 0. The first-order chi connectivity index (χ1) is 10.2. The van der Waals surface area contributed by atoms with Gasteiger partial charge in [0, 0.05) is 23.9 Å². The Labute approximate surface area is 122 Å². The molecule has 0 spiro atoms. The largest absolute Gasteiger partial charge is 0.369 e. The molecule has 1 fully saturated rings. The average Bonchev–Trinajstić information content (AvgIpc) is 2.97. The van der Waals surface area contributed by atoms with Crippen LogP contribution in [0.3, 0.4) is 0 Å². The summed E-state index contributed by atoms with van der Waals surface area (Å²) in [6.45, 7) is 2.24. The molecule has 0 unspecified atom stereocenters. The molecule has 0 saturated carbocycles. The van der Waals surface area contributed by atoms with Gasteiger partial charge < -0.3 is 10.3 Å². The zero-order valence-electron chi connectivity index (χ0n) is 11.6. The van der Waals surface area contributed by atoms with Gasteiger partial charge in [-0.15, -0.1) is 0 Å². The number of nitrogens with two attached hydrogens (primary N) is 1. The summed E-state index contributed by atoms with van der Waals surface area (Å²) < 4.78 is 5.28. The fraction of sp³-hybridized carbons (Fsp3) is 0.429. The van der Waals surface area contributed by atoms with Crippen molar-refractivity contribution in [2.24, 2.45) is 11.7 Å². The van der Waals surface area contributed by atoms with Crippen molar-refractivity contribution in [2.45, 2.75) is 19.4 Å². The van der Waals surface area contributed by atoms with E-state index in [1.165, 1.54) is 0 Å². The summed E-state index contributed by atoms with van der Waals surface area (Å²) in [6.07, 6.45) is 4.97. The van der Waals surface area contributed by atoms with Gasteiger partial charge in [0.1, 0.15) is 0 Å². The number of rotatable bonds is 4. The van der Waals surface area contributed by atoms with E-state index in [0.29, 0.717) is 18.3 Å². The molecule has 1 amide bonds. The summed E-state index contributed by atoms with van der Waals surface area (Å²) in [6, 6.07) is 3.68. The zero-order chi connectivity index (χ0) is 14.7. The number of aromatic nitrogens is 3. The SMILES string of the molecule is NC(=O)C1CCN(Cc2nc(-c3ccncc3)no2)CC1. The van der Waals surface area contributed by atoms with Crippen LogP contribution in [0, 0.1) is 5.92 Å².